The van der Waals surface area contributed by atoms with E-state index < -0.39 is 15.4 Å². The van der Waals surface area contributed by atoms with Gasteiger partial charge in [0.1, 0.15) is 0 Å². The van der Waals surface area contributed by atoms with Gasteiger partial charge in [-0.3, -0.25) is 0 Å². The Morgan fingerprint density at radius 3 is 1.65 bits per heavy atom. The van der Waals surface area contributed by atoms with Crippen LogP contribution in [0, 0.1) is 0 Å². The summed E-state index contributed by atoms with van der Waals surface area (Å²) < 4.78 is 33.9. The van der Waals surface area contributed by atoms with Crippen LogP contribution in [0.2, 0.25) is 0 Å². The first-order valence-corrected chi connectivity index (χ1v) is 10.5. The van der Waals surface area contributed by atoms with Crippen molar-refractivity contribution >= 4 is 10.1 Å². The van der Waals surface area contributed by atoms with E-state index >= 15 is 0 Å². The molecule has 0 saturated heterocycles. The minimum Gasteiger partial charge on any atom is -0.748 e. The quantitative estimate of drug-likeness (QED) is 0.267. The number of aliphatic hydroxyl groups is 1. The third kappa shape index (κ3) is 16.7. The van der Waals surface area contributed by atoms with Gasteiger partial charge in [0.15, 0.2) is 0 Å². The molecule has 0 amide bonds. The Balaban J connectivity index is 0. The Morgan fingerprint density at radius 1 is 0.826 bits per heavy atom. The van der Waals surface area contributed by atoms with Gasteiger partial charge in [0.2, 0.25) is 0 Å². The fraction of sp³-hybridized carbons (Fsp3) is 1.00. The van der Waals surface area contributed by atoms with Gasteiger partial charge >= 0.3 is 51.4 Å². The predicted octanol–water partition coefficient (Wildman–Crippen LogP) is 1.38. The molecule has 0 saturated carbocycles. The molecular formula is C17H35KO4S. The average Bonchev–Trinajstić information content (AvgIpc) is 2.46. The number of rotatable bonds is 15. The van der Waals surface area contributed by atoms with Crippen molar-refractivity contribution in [2.75, 3.05) is 0 Å². The van der Waals surface area contributed by atoms with Gasteiger partial charge in [0, 0.05) is 5.25 Å². The monoisotopic (exact) mass is 374 g/mol. The second-order valence-electron chi connectivity index (χ2n) is 6.37. The molecule has 0 aliphatic rings. The van der Waals surface area contributed by atoms with Gasteiger partial charge in [-0.05, 0) is 25.7 Å². The molecule has 0 rings (SSSR count). The minimum atomic E-state index is -4.16. The standard InChI is InChI=1S/C17H36O4S.K/c1-3-5-6-7-11-14-17(22(19,20)21)15-12-9-8-10-13-16(18)4-2;/h16-18H,3-15H2,1-2H3,(H,19,20,21);/q;+1/p-1. The predicted molar refractivity (Wildman–Crippen MR) is 90.9 cm³/mol. The third-order valence-corrected chi connectivity index (χ3v) is 5.61. The summed E-state index contributed by atoms with van der Waals surface area (Å²) in [5.41, 5.74) is 0. The zero-order valence-electron chi connectivity index (χ0n) is 15.4. The van der Waals surface area contributed by atoms with Gasteiger partial charge in [-0.2, -0.15) is 0 Å². The van der Waals surface area contributed by atoms with Crippen LogP contribution in [0.4, 0.5) is 0 Å². The molecule has 0 radical (unpaired) electrons. The van der Waals surface area contributed by atoms with E-state index in [-0.39, 0.29) is 57.5 Å². The molecule has 0 aliphatic carbocycles. The van der Waals surface area contributed by atoms with Crippen molar-refractivity contribution in [3.05, 3.63) is 0 Å². The first-order valence-electron chi connectivity index (χ1n) is 9.04. The van der Waals surface area contributed by atoms with Gasteiger partial charge in [0.25, 0.3) is 0 Å². The molecule has 4 nitrogen and oxygen atoms in total. The van der Waals surface area contributed by atoms with Crippen LogP contribution in [-0.4, -0.2) is 29.4 Å². The van der Waals surface area contributed by atoms with Crippen molar-refractivity contribution in [1.82, 2.24) is 0 Å². The normalized spacial score (nSPS) is 14.3. The zero-order valence-corrected chi connectivity index (χ0v) is 19.4. The number of unbranched alkanes of at least 4 members (excludes halogenated alkanes) is 7. The molecule has 0 heterocycles. The maximum Gasteiger partial charge on any atom is 1.00 e. The third-order valence-electron chi connectivity index (χ3n) is 4.32. The fourth-order valence-electron chi connectivity index (χ4n) is 2.72. The van der Waals surface area contributed by atoms with E-state index in [1.807, 2.05) is 6.92 Å². The van der Waals surface area contributed by atoms with Gasteiger partial charge in [0.05, 0.1) is 16.2 Å². The van der Waals surface area contributed by atoms with Crippen LogP contribution in [0.15, 0.2) is 0 Å². The van der Waals surface area contributed by atoms with Crippen LogP contribution in [0.5, 0.6) is 0 Å². The van der Waals surface area contributed by atoms with Gasteiger partial charge in [-0.1, -0.05) is 71.6 Å². The Morgan fingerprint density at radius 2 is 1.26 bits per heavy atom. The molecule has 0 fully saturated rings. The number of aliphatic hydroxyl groups excluding tert-OH is 1. The molecule has 134 valence electrons. The largest absolute Gasteiger partial charge is 1.00 e. The van der Waals surface area contributed by atoms with Crippen molar-refractivity contribution in [1.29, 1.82) is 0 Å². The molecule has 2 unspecified atom stereocenters. The summed E-state index contributed by atoms with van der Waals surface area (Å²) in [4.78, 5) is 0. The second kappa shape index (κ2) is 16.9. The van der Waals surface area contributed by atoms with Crippen molar-refractivity contribution in [2.24, 2.45) is 0 Å². The summed E-state index contributed by atoms with van der Waals surface area (Å²) in [6.45, 7) is 4.11. The maximum atomic E-state index is 11.3. The van der Waals surface area contributed by atoms with Crippen molar-refractivity contribution in [3.63, 3.8) is 0 Å². The van der Waals surface area contributed by atoms with Crippen LogP contribution in [0.25, 0.3) is 0 Å². The summed E-state index contributed by atoms with van der Waals surface area (Å²) in [6, 6.07) is 0. The molecule has 0 aliphatic heterocycles. The van der Waals surface area contributed by atoms with Crippen molar-refractivity contribution < 1.29 is 69.5 Å². The van der Waals surface area contributed by atoms with E-state index in [2.05, 4.69) is 6.92 Å². The SMILES string of the molecule is CCCCCCCC(CCCCCCC(O)CC)S(=O)(=O)[O-].[K+]. The van der Waals surface area contributed by atoms with Gasteiger partial charge in [-0.15, -0.1) is 0 Å². The molecule has 0 bridgehead atoms. The Bertz CT molecular complexity index is 347. The van der Waals surface area contributed by atoms with Crippen LogP contribution in [0.1, 0.15) is 97.3 Å². The molecule has 0 aromatic carbocycles. The molecular weight excluding hydrogens is 339 g/mol. The smallest absolute Gasteiger partial charge is 0.748 e. The zero-order chi connectivity index (χ0) is 16.8. The van der Waals surface area contributed by atoms with E-state index in [9.17, 15) is 18.1 Å². The van der Waals surface area contributed by atoms with Crippen LogP contribution in [-0.2, 0) is 10.1 Å². The molecule has 0 aromatic heterocycles. The topological polar surface area (TPSA) is 77.4 Å². The maximum absolute atomic E-state index is 11.3. The van der Waals surface area contributed by atoms with Gasteiger partial charge in [-0.25, -0.2) is 8.42 Å². The summed E-state index contributed by atoms with van der Waals surface area (Å²) in [5, 5.41) is 8.75. The summed E-state index contributed by atoms with van der Waals surface area (Å²) in [6.07, 6.45) is 11.4. The van der Waals surface area contributed by atoms with Crippen LogP contribution < -0.4 is 51.4 Å². The Hall–Kier alpha value is 1.51. The molecule has 6 heteroatoms. The van der Waals surface area contributed by atoms with E-state index in [4.69, 9.17) is 0 Å². The average molecular weight is 375 g/mol. The summed E-state index contributed by atoms with van der Waals surface area (Å²) in [7, 11) is -4.16. The van der Waals surface area contributed by atoms with Crippen LogP contribution in [0.3, 0.4) is 0 Å². The summed E-state index contributed by atoms with van der Waals surface area (Å²) >= 11 is 0. The van der Waals surface area contributed by atoms with E-state index in [1.165, 1.54) is 6.42 Å². The second-order valence-corrected chi connectivity index (χ2v) is 8.02. The fourth-order valence-corrected chi connectivity index (χ4v) is 3.63. The molecule has 0 spiro atoms. The molecule has 0 aromatic rings. The van der Waals surface area contributed by atoms with Crippen molar-refractivity contribution in [2.45, 2.75) is 109 Å². The summed E-state index contributed by atoms with van der Waals surface area (Å²) in [5.74, 6) is 0. The molecule has 2 atom stereocenters. The minimum absolute atomic E-state index is 0. The molecule has 1 N–H and O–H groups in total. The van der Waals surface area contributed by atoms with E-state index in [0.717, 1.165) is 64.2 Å². The first kappa shape index (κ1) is 26.7. The number of hydrogen-bond acceptors (Lipinski definition) is 4. The van der Waals surface area contributed by atoms with Gasteiger partial charge < -0.3 is 9.66 Å². The van der Waals surface area contributed by atoms with E-state index in [0.29, 0.717) is 12.8 Å². The van der Waals surface area contributed by atoms with E-state index in [1.54, 1.807) is 0 Å². The van der Waals surface area contributed by atoms with Crippen LogP contribution >= 0.6 is 0 Å². The Labute approximate surface area is 186 Å². The number of hydrogen-bond donors (Lipinski definition) is 1. The Kier molecular flexibility index (Phi) is 19.7. The molecule has 23 heavy (non-hydrogen) atoms. The van der Waals surface area contributed by atoms with Crippen molar-refractivity contribution in [3.8, 4) is 0 Å². The first-order chi connectivity index (χ1) is 10.4.